The third kappa shape index (κ3) is 2.28. The van der Waals surface area contributed by atoms with Crippen LogP contribution < -0.4 is 10.6 Å². The van der Waals surface area contributed by atoms with Crippen LogP contribution in [0.1, 0.15) is 13.8 Å². The van der Waals surface area contributed by atoms with Crippen LogP contribution in [0.2, 0.25) is 5.02 Å². The second kappa shape index (κ2) is 4.38. The van der Waals surface area contributed by atoms with E-state index in [0.717, 1.165) is 24.5 Å². The molecule has 3 heteroatoms. The second-order valence-electron chi connectivity index (χ2n) is 2.88. The van der Waals surface area contributed by atoms with Crippen molar-refractivity contribution in [3.05, 3.63) is 23.2 Å². The minimum atomic E-state index is 0.688. The van der Waals surface area contributed by atoms with E-state index in [1.54, 1.807) is 6.07 Å². The summed E-state index contributed by atoms with van der Waals surface area (Å²) in [6.07, 6.45) is 0. The largest absolute Gasteiger partial charge is 0.397 e. The number of nitrogen functional groups attached to an aromatic ring is 1. The quantitative estimate of drug-likeness (QED) is 0.757. The summed E-state index contributed by atoms with van der Waals surface area (Å²) in [7, 11) is 0. The predicted molar refractivity (Wildman–Crippen MR) is 59.4 cm³/mol. The Morgan fingerprint density at radius 1 is 1.31 bits per heavy atom. The summed E-state index contributed by atoms with van der Waals surface area (Å²) in [5.41, 5.74) is 7.66. The van der Waals surface area contributed by atoms with Crippen LogP contribution in [0.4, 0.5) is 11.4 Å². The Bertz CT molecular complexity index is 282. The first-order chi connectivity index (χ1) is 6.19. The molecule has 0 atom stereocenters. The summed E-state index contributed by atoms with van der Waals surface area (Å²) in [6, 6.07) is 5.62. The third-order valence-corrected chi connectivity index (χ3v) is 2.33. The molecule has 0 fully saturated rings. The Hall–Kier alpha value is -0.890. The molecule has 1 aromatic carbocycles. The number of rotatable bonds is 3. The summed E-state index contributed by atoms with van der Waals surface area (Å²) in [6.45, 7) is 6.14. The molecule has 0 saturated carbocycles. The van der Waals surface area contributed by atoms with E-state index in [9.17, 15) is 0 Å². The molecule has 0 aliphatic rings. The highest BCUT2D eigenvalue weighted by Gasteiger charge is 2.05. The fourth-order valence-electron chi connectivity index (χ4n) is 1.38. The average molecular weight is 199 g/mol. The van der Waals surface area contributed by atoms with Crippen LogP contribution in [0.15, 0.2) is 18.2 Å². The van der Waals surface area contributed by atoms with Gasteiger partial charge in [-0.25, -0.2) is 0 Å². The molecule has 0 bridgehead atoms. The first-order valence-electron chi connectivity index (χ1n) is 4.49. The summed E-state index contributed by atoms with van der Waals surface area (Å²) in [5.74, 6) is 0. The predicted octanol–water partition coefficient (Wildman–Crippen LogP) is 2.77. The highest BCUT2D eigenvalue weighted by atomic mass is 35.5. The molecule has 2 nitrogen and oxygen atoms in total. The summed E-state index contributed by atoms with van der Waals surface area (Å²) >= 11 is 5.81. The van der Waals surface area contributed by atoms with E-state index >= 15 is 0 Å². The Morgan fingerprint density at radius 2 is 1.92 bits per heavy atom. The fourth-order valence-corrected chi connectivity index (χ4v) is 1.56. The third-order valence-electron chi connectivity index (χ3n) is 2.09. The number of nitrogens with zero attached hydrogens (tertiary/aromatic N) is 1. The van der Waals surface area contributed by atoms with Gasteiger partial charge in [0, 0.05) is 18.1 Å². The number of hydrogen-bond donors (Lipinski definition) is 1. The lowest BCUT2D eigenvalue weighted by molar-refractivity contribution is 0.868. The molecule has 0 aliphatic heterocycles. The lowest BCUT2D eigenvalue weighted by Crippen LogP contribution is -2.22. The van der Waals surface area contributed by atoms with Gasteiger partial charge in [-0.2, -0.15) is 0 Å². The van der Waals surface area contributed by atoms with Gasteiger partial charge in [0.2, 0.25) is 0 Å². The summed E-state index contributed by atoms with van der Waals surface area (Å²) < 4.78 is 0. The van der Waals surface area contributed by atoms with Crippen LogP contribution >= 0.6 is 11.6 Å². The van der Waals surface area contributed by atoms with E-state index in [1.165, 1.54) is 0 Å². The highest BCUT2D eigenvalue weighted by Crippen LogP contribution is 2.25. The van der Waals surface area contributed by atoms with E-state index in [4.69, 9.17) is 17.3 Å². The van der Waals surface area contributed by atoms with E-state index in [0.29, 0.717) is 5.02 Å². The monoisotopic (exact) mass is 198 g/mol. The Kier molecular flexibility index (Phi) is 3.43. The van der Waals surface area contributed by atoms with Crippen molar-refractivity contribution in [1.82, 2.24) is 0 Å². The molecule has 0 radical (unpaired) electrons. The van der Waals surface area contributed by atoms with E-state index in [1.807, 2.05) is 12.1 Å². The molecule has 2 N–H and O–H groups in total. The minimum Gasteiger partial charge on any atom is -0.397 e. The molecule has 0 aliphatic carbocycles. The van der Waals surface area contributed by atoms with E-state index < -0.39 is 0 Å². The number of halogens is 1. The normalized spacial score (nSPS) is 10.1. The first-order valence-corrected chi connectivity index (χ1v) is 4.86. The standard InChI is InChI=1S/C10H15ClN2/c1-3-13(4-2)10-6-5-8(11)7-9(10)12/h5-7H,3-4,12H2,1-2H3. The van der Waals surface area contributed by atoms with Crippen LogP contribution in [-0.2, 0) is 0 Å². The number of anilines is 2. The minimum absolute atomic E-state index is 0.688. The van der Waals surface area contributed by atoms with Gasteiger partial charge in [-0.3, -0.25) is 0 Å². The van der Waals surface area contributed by atoms with Gasteiger partial charge in [0.05, 0.1) is 11.4 Å². The topological polar surface area (TPSA) is 29.3 Å². The molecule has 0 heterocycles. The highest BCUT2D eigenvalue weighted by molar-refractivity contribution is 6.31. The van der Waals surface area contributed by atoms with Gasteiger partial charge < -0.3 is 10.6 Å². The zero-order valence-electron chi connectivity index (χ0n) is 8.05. The van der Waals surface area contributed by atoms with Gasteiger partial charge in [0.15, 0.2) is 0 Å². The molecule has 0 spiro atoms. The maximum Gasteiger partial charge on any atom is 0.0600 e. The molecule has 0 unspecified atom stereocenters. The molecule has 1 aromatic rings. The van der Waals surface area contributed by atoms with Crippen molar-refractivity contribution in [3.8, 4) is 0 Å². The van der Waals surface area contributed by atoms with Crippen LogP contribution in [0, 0.1) is 0 Å². The van der Waals surface area contributed by atoms with Crippen LogP contribution in [-0.4, -0.2) is 13.1 Å². The van der Waals surface area contributed by atoms with E-state index in [-0.39, 0.29) is 0 Å². The maximum absolute atomic E-state index is 5.85. The molecule has 72 valence electrons. The van der Waals surface area contributed by atoms with Crippen molar-refractivity contribution in [2.75, 3.05) is 23.7 Å². The van der Waals surface area contributed by atoms with Crippen molar-refractivity contribution in [1.29, 1.82) is 0 Å². The SMILES string of the molecule is CCN(CC)c1ccc(Cl)cc1N. The van der Waals surface area contributed by atoms with Gasteiger partial charge in [-0.15, -0.1) is 0 Å². The zero-order valence-corrected chi connectivity index (χ0v) is 8.80. The molecule has 13 heavy (non-hydrogen) atoms. The zero-order chi connectivity index (χ0) is 9.84. The first kappa shape index (κ1) is 10.2. The smallest absolute Gasteiger partial charge is 0.0600 e. The Morgan fingerprint density at radius 3 is 2.38 bits per heavy atom. The van der Waals surface area contributed by atoms with Crippen LogP contribution in [0.5, 0.6) is 0 Å². The van der Waals surface area contributed by atoms with Gasteiger partial charge in [-0.05, 0) is 32.0 Å². The fraction of sp³-hybridized carbons (Fsp3) is 0.400. The van der Waals surface area contributed by atoms with Crippen molar-refractivity contribution < 1.29 is 0 Å². The second-order valence-corrected chi connectivity index (χ2v) is 3.31. The summed E-state index contributed by atoms with van der Waals surface area (Å²) in [5, 5.41) is 0.688. The van der Waals surface area contributed by atoms with Crippen LogP contribution in [0.3, 0.4) is 0 Å². The molecule has 1 rings (SSSR count). The maximum atomic E-state index is 5.85. The van der Waals surface area contributed by atoms with Crippen molar-refractivity contribution in [3.63, 3.8) is 0 Å². The Labute approximate surface area is 84.3 Å². The lowest BCUT2D eigenvalue weighted by Gasteiger charge is -2.22. The molecular weight excluding hydrogens is 184 g/mol. The molecule has 0 saturated heterocycles. The van der Waals surface area contributed by atoms with Gasteiger partial charge in [0.1, 0.15) is 0 Å². The molecular formula is C10H15ClN2. The van der Waals surface area contributed by atoms with Gasteiger partial charge in [-0.1, -0.05) is 11.6 Å². The van der Waals surface area contributed by atoms with Crippen molar-refractivity contribution in [2.24, 2.45) is 0 Å². The average Bonchev–Trinajstić information content (AvgIpc) is 2.10. The van der Waals surface area contributed by atoms with Crippen molar-refractivity contribution in [2.45, 2.75) is 13.8 Å². The lowest BCUT2D eigenvalue weighted by atomic mass is 10.2. The number of hydrogen-bond acceptors (Lipinski definition) is 2. The number of benzene rings is 1. The molecule has 0 amide bonds. The molecule has 0 aromatic heterocycles. The number of nitrogens with two attached hydrogens (primary N) is 1. The van der Waals surface area contributed by atoms with Crippen molar-refractivity contribution >= 4 is 23.0 Å². The van der Waals surface area contributed by atoms with Gasteiger partial charge >= 0.3 is 0 Å². The van der Waals surface area contributed by atoms with E-state index in [2.05, 4.69) is 18.7 Å². The van der Waals surface area contributed by atoms with Crippen LogP contribution in [0.25, 0.3) is 0 Å². The van der Waals surface area contributed by atoms with Gasteiger partial charge in [0.25, 0.3) is 0 Å². The Balaban J connectivity index is 2.99. The summed E-state index contributed by atoms with van der Waals surface area (Å²) in [4.78, 5) is 2.20.